The molecule has 3 rings (SSSR count). The quantitative estimate of drug-likeness (QED) is 0.563. The van der Waals surface area contributed by atoms with E-state index in [0.717, 1.165) is 30.5 Å². The van der Waals surface area contributed by atoms with Gasteiger partial charge in [-0.2, -0.15) is 13.2 Å². The fourth-order valence-electron chi connectivity index (χ4n) is 3.21. The lowest BCUT2D eigenvalue weighted by molar-refractivity contribution is -0.137. The fourth-order valence-corrected chi connectivity index (χ4v) is 3.21. The molecule has 1 amide bonds. The molecular formula is C21H22F3N3O3. The van der Waals surface area contributed by atoms with Crippen molar-refractivity contribution in [2.45, 2.75) is 25.9 Å². The number of nitrogens with two attached hydrogens (primary N) is 1. The van der Waals surface area contributed by atoms with Crippen LogP contribution in [0.2, 0.25) is 0 Å². The summed E-state index contributed by atoms with van der Waals surface area (Å²) in [4.78, 5) is 26.3. The summed E-state index contributed by atoms with van der Waals surface area (Å²) in [7, 11) is 0. The van der Waals surface area contributed by atoms with Crippen molar-refractivity contribution in [3.05, 3.63) is 53.1 Å². The number of nitrogens with one attached hydrogen (secondary N) is 1. The van der Waals surface area contributed by atoms with E-state index in [1.807, 2.05) is 4.90 Å². The number of aryl methyl sites for hydroxylation is 1. The van der Waals surface area contributed by atoms with E-state index in [4.69, 9.17) is 10.5 Å². The molecule has 30 heavy (non-hydrogen) atoms. The van der Waals surface area contributed by atoms with Crippen molar-refractivity contribution >= 4 is 28.9 Å². The van der Waals surface area contributed by atoms with Gasteiger partial charge in [0, 0.05) is 18.8 Å². The van der Waals surface area contributed by atoms with Gasteiger partial charge in [-0.05, 0) is 55.7 Å². The Hall–Kier alpha value is -3.23. The van der Waals surface area contributed by atoms with Crippen LogP contribution >= 0.6 is 0 Å². The molecule has 2 aromatic rings. The highest BCUT2D eigenvalue weighted by Crippen LogP contribution is 2.36. The van der Waals surface area contributed by atoms with Gasteiger partial charge >= 0.3 is 12.1 Å². The van der Waals surface area contributed by atoms with Crippen LogP contribution in [0.3, 0.4) is 0 Å². The van der Waals surface area contributed by atoms with Gasteiger partial charge < -0.3 is 20.7 Å². The number of nitrogens with zero attached hydrogens (tertiary/aromatic N) is 1. The maximum atomic E-state index is 13.1. The summed E-state index contributed by atoms with van der Waals surface area (Å²) in [6.07, 6.45) is -2.70. The number of halogens is 3. The van der Waals surface area contributed by atoms with Crippen LogP contribution in [0.5, 0.6) is 0 Å². The van der Waals surface area contributed by atoms with E-state index in [1.54, 1.807) is 13.0 Å². The predicted octanol–water partition coefficient (Wildman–Crippen LogP) is 3.99. The summed E-state index contributed by atoms with van der Waals surface area (Å²) in [5, 5.41) is 2.44. The van der Waals surface area contributed by atoms with E-state index in [9.17, 15) is 22.8 Å². The van der Waals surface area contributed by atoms with Gasteiger partial charge in [-0.1, -0.05) is 6.07 Å². The third kappa shape index (κ3) is 5.03. The largest absolute Gasteiger partial charge is 0.452 e. The summed E-state index contributed by atoms with van der Waals surface area (Å²) in [5.41, 5.74) is 6.82. The molecule has 0 atom stereocenters. The Morgan fingerprint density at radius 2 is 1.83 bits per heavy atom. The van der Waals surface area contributed by atoms with Crippen molar-refractivity contribution in [2.24, 2.45) is 0 Å². The molecule has 160 valence electrons. The van der Waals surface area contributed by atoms with E-state index in [0.29, 0.717) is 24.5 Å². The summed E-state index contributed by atoms with van der Waals surface area (Å²) in [6.45, 7) is 2.53. The second kappa shape index (κ2) is 8.64. The lowest BCUT2D eigenvalue weighted by atomic mass is 10.1. The molecule has 0 aromatic heterocycles. The van der Waals surface area contributed by atoms with E-state index >= 15 is 0 Å². The van der Waals surface area contributed by atoms with Crippen molar-refractivity contribution in [3.8, 4) is 0 Å². The minimum atomic E-state index is -4.54. The molecule has 1 saturated heterocycles. The molecule has 1 aliphatic rings. The number of rotatable bonds is 5. The molecular weight excluding hydrogens is 399 g/mol. The number of carbonyl (C=O) groups excluding carboxylic acids is 2. The smallest absolute Gasteiger partial charge is 0.416 e. The van der Waals surface area contributed by atoms with Crippen LogP contribution in [0.4, 0.5) is 30.2 Å². The Morgan fingerprint density at radius 3 is 2.47 bits per heavy atom. The van der Waals surface area contributed by atoms with Crippen LogP contribution in [0.1, 0.15) is 34.3 Å². The molecule has 3 N–H and O–H groups in total. The van der Waals surface area contributed by atoms with E-state index < -0.39 is 30.2 Å². The van der Waals surface area contributed by atoms with E-state index in [-0.39, 0.29) is 11.3 Å². The first-order chi connectivity index (χ1) is 14.1. The van der Waals surface area contributed by atoms with Crippen LogP contribution in [0.25, 0.3) is 0 Å². The maximum Gasteiger partial charge on any atom is 0.416 e. The van der Waals surface area contributed by atoms with Crippen molar-refractivity contribution in [1.29, 1.82) is 0 Å². The molecule has 6 nitrogen and oxygen atoms in total. The third-order valence-electron chi connectivity index (χ3n) is 4.89. The number of amides is 1. The number of benzene rings is 2. The van der Waals surface area contributed by atoms with Crippen molar-refractivity contribution in [2.75, 3.05) is 35.6 Å². The standard InChI is InChI=1S/C21H22F3N3O3/c1-13-4-5-14(10-16(13)25)20(29)30-12-19(28)26-17-11-15(21(22,23)24)6-7-18(17)27-8-2-3-9-27/h4-7,10-11H,2-3,8-9,12,25H2,1H3,(H,26,28). The zero-order valence-electron chi connectivity index (χ0n) is 16.4. The predicted molar refractivity (Wildman–Crippen MR) is 107 cm³/mol. The minimum absolute atomic E-state index is 0.0346. The van der Waals surface area contributed by atoms with Crippen LogP contribution < -0.4 is 16.0 Å². The molecule has 9 heteroatoms. The molecule has 2 aromatic carbocycles. The van der Waals surface area contributed by atoms with Gasteiger partial charge in [0.25, 0.3) is 5.91 Å². The molecule has 0 saturated carbocycles. The highest BCUT2D eigenvalue weighted by Gasteiger charge is 2.32. The van der Waals surface area contributed by atoms with Gasteiger partial charge in [0.15, 0.2) is 6.61 Å². The van der Waals surface area contributed by atoms with E-state index in [1.165, 1.54) is 18.2 Å². The second-order valence-electron chi connectivity index (χ2n) is 7.12. The molecule has 1 heterocycles. The Morgan fingerprint density at radius 1 is 1.13 bits per heavy atom. The fraction of sp³-hybridized carbons (Fsp3) is 0.333. The molecule has 0 bridgehead atoms. The number of ether oxygens (including phenoxy) is 1. The van der Waals surface area contributed by atoms with Crippen LogP contribution in [0.15, 0.2) is 36.4 Å². The molecule has 1 aliphatic heterocycles. The molecule has 0 radical (unpaired) electrons. The number of nitrogen functional groups attached to an aromatic ring is 1. The van der Waals surface area contributed by atoms with Crippen molar-refractivity contribution < 1.29 is 27.5 Å². The maximum absolute atomic E-state index is 13.1. The Labute approximate surface area is 171 Å². The summed E-state index contributed by atoms with van der Waals surface area (Å²) in [5.74, 6) is -1.48. The highest BCUT2D eigenvalue weighted by molar-refractivity contribution is 5.98. The number of esters is 1. The monoisotopic (exact) mass is 421 g/mol. The molecule has 0 spiro atoms. The summed E-state index contributed by atoms with van der Waals surface area (Å²) >= 11 is 0. The lowest BCUT2D eigenvalue weighted by Crippen LogP contribution is -2.24. The second-order valence-corrected chi connectivity index (χ2v) is 7.12. The molecule has 1 fully saturated rings. The average molecular weight is 421 g/mol. The zero-order chi connectivity index (χ0) is 21.9. The van der Waals surface area contributed by atoms with Gasteiger partial charge in [0.05, 0.1) is 22.5 Å². The summed E-state index contributed by atoms with van der Waals surface area (Å²) in [6, 6.07) is 7.85. The van der Waals surface area contributed by atoms with Gasteiger partial charge in [0.2, 0.25) is 0 Å². The normalized spacial score (nSPS) is 13.9. The van der Waals surface area contributed by atoms with Crippen LogP contribution in [-0.2, 0) is 15.7 Å². The number of hydrogen-bond acceptors (Lipinski definition) is 5. The Kier molecular flexibility index (Phi) is 6.19. The third-order valence-corrected chi connectivity index (χ3v) is 4.89. The summed E-state index contributed by atoms with van der Waals surface area (Å²) < 4.78 is 44.3. The van der Waals surface area contributed by atoms with Gasteiger partial charge in [-0.15, -0.1) is 0 Å². The topological polar surface area (TPSA) is 84.7 Å². The first kappa shape index (κ1) is 21.5. The average Bonchev–Trinajstić information content (AvgIpc) is 3.22. The van der Waals surface area contributed by atoms with Gasteiger partial charge in [-0.3, -0.25) is 4.79 Å². The number of anilines is 3. The van der Waals surface area contributed by atoms with Gasteiger partial charge in [-0.25, -0.2) is 4.79 Å². The number of carbonyl (C=O) groups is 2. The SMILES string of the molecule is Cc1ccc(C(=O)OCC(=O)Nc2cc(C(F)(F)F)ccc2N2CCCC2)cc1N. The first-order valence-corrected chi connectivity index (χ1v) is 9.44. The van der Waals surface area contributed by atoms with Crippen molar-refractivity contribution in [1.82, 2.24) is 0 Å². The zero-order valence-corrected chi connectivity index (χ0v) is 16.4. The number of hydrogen-bond donors (Lipinski definition) is 2. The first-order valence-electron chi connectivity index (χ1n) is 9.44. The Balaban J connectivity index is 1.71. The van der Waals surface area contributed by atoms with Crippen LogP contribution in [-0.4, -0.2) is 31.6 Å². The molecule has 0 unspecified atom stereocenters. The minimum Gasteiger partial charge on any atom is -0.452 e. The lowest BCUT2D eigenvalue weighted by Gasteiger charge is -2.23. The highest BCUT2D eigenvalue weighted by atomic mass is 19.4. The van der Waals surface area contributed by atoms with E-state index in [2.05, 4.69) is 5.32 Å². The Bertz CT molecular complexity index is 954. The van der Waals surface area contributed by atoms with Gasteiger partial charge in [0.1, 0.15) is 0 Å². The van der Waals surface area contributed by atoms with Crippen molar-refractivity contribution in [3.63, 3.8) is 0 Å². The number of alkyl halides is 3. The molecule has 0 aliphatic carbocycles. The van der Waals surface area contributed by atoms with Crippen LogP contribution in [0, 0.1) is 6.92 Å².